The Balaban J connectivity index is 1.09. The molecule has 2 fully saturated rings. The van der Waals surface area contributed by atoms with Gasteiger partial charge in [-0.25, -0.2) is 4.98 Å². The Kier molecular flexibility index (Phi) is 9.09. The Morgan fingerprint density at radius 2 is 1.73 bits per heavy atom. The lowest BCUT2D eigenvalue weighted by Crippen LogP contribution is -2.47. The van der Waals surface area contributed by atoms with E-state index in [0.717, 1.165) is 43.8 Å². The van der Waals surface area contributed by atoms with Crippen molar-refractivity contribution in [2.45, 2.75) is 54.6 Å². The van der Waals surface area contributed by atoms with Crippen molar-refractivity contribution in [1.29, 1.82) is 0 Å². The van der Waals surface area contributed by atoms with E-state index in [2.05, 4.69) is 47.7 Å². The van der Waals surface area contributed by atoms with Crippen LogP contribution in [0.5, 0.6) is 5.88 Å². The third-order valence-corrected chi connectivity index (χ3v) is 8.65. The average molecular weight is 665 g/mol. The number of amides is 1. The SMILES string of the molecule is O=C(NC1CCN(Cc2ccncc2)C(I)C1)c1cccc(OC2CCN(c3ccc(C(F)(F)F)cc3)CC2)n1. The van der Waals surface area contributed by atoms with Crippen LogP contribution in [-0.4, -0.2) is 56.6 Å². The molecule has 1 amide bonds. The van der Waals surface area contributed by atoms with Crippen molar-refractivity contribution in [3.63, 3.8) is 0 Å². The number of hydrogen-bond acceptors (Lipinski definition) is 6. The van der Waals surface area contributed by atoms with Gasteiger partial charge in [-0.15, -0.1) is 0 Å². The van der Waals surface area contributed by atoms with Crippen molar-refractivity contribution in [2.75, 3.05) is 24.5 Å². The Labute approximate surface area is 245 Å². The van der Waals surface area contributed by atoms with Gasteiger partial charge in [0.1, 0.15) is 11.8 Å². The van der Waals surface area contributed by atoms with E-state index in [4.69, 9.17) is 4.74 Å². The van der Waals surface area contributed by atoms with E-state index in [-0.39, 0.29) is 18.1 Å². The molecule has 4 heterocycles. The number of benzene rings is 1. The maximum Gasteiger partial charge on any atom is 0.416 e. The van der Waals surface area contributed by atoms with Crippen LogP contribution in [0.25, 0.3) is 0 Å². The number of likely N-dealkylation sites (tertiary alicyclic amines) is 1. The number of carbonyl (C=O) groups excluding carboxylic acids is 1. The molecule has 1 N–H and O–H groups in total. The summed E-state index contributed by atoms with van der Waals surface area (Å²) in [5.74, 6) is 0.193. The van der Waals surface area contributed by atoms with Gasteiger partial charge in [0.2, 0.25) is 5.88 Å². The molecule has 0 radical (unpaired) electrons. The van der Waals surface area contributed by atoms with Crippen molar-refractivity contribution in [2.24, 2.45) is 0 Å². The van der Waals surface area contributed by atoms with Gasteiger partial charge in [-0.2, -0.15) is 13.2 Å². The summed E-state index contributed by atoms with van der Waals surface area (Å²) < 4.78 is 44.9. The topological polar surface area (TPSA) is 70.6 Å². The van der Waals surface area contributed by atoms with Crippen LogP contribution in [-0.2, 0) is 12.7 Å². The third kappa shape index (κ3) is 7.42. The fraction of sp³-hybridized carbons (Fsp3) is 0.414. The summed E-state index contributed by atoms with van der Waals surface area (Å²) >= 11 is 2.44. The number of nitrogens with one attached hydrogen (secondary N) is 1. The zero-order valence-electron chi connectivity index (χ0n) is 21.9. The van der Waals surface area contributed by atoms with Crippen molar-refractivity contribution < 1.29 is 22.7 Å². The smallest absolute Gasteiger partial charge is 0.416 e. The number of aromatic nitrogens is 2. The quantitative estimate of drug-likeness (QED) is 0.199. The molecule has 3 aromatic rings. The average Bonchev–Trinajstić information content (AvgIpc) is 2.95. The number of nitrogens with zero attached hydrogens (tertiary/aromatic N) is 4. The van der Waals surface area contributed by atoms with Crippen LogP contribution in [0, 0.1) is 0 Å². The van der Waals surface area contributed by atoms with Crippen LogP contribution in [0.3, 0.4) is 0 Å². The molecule has 0 spiro atoms. The third-order valence-electron chi connectivity index (χ3n) is 7.36. The molecular weight excluding hydrogens is 634 g/mol. The molecular formula is C29H31F3IN5O2. The van der Waals surface area contributed by atoms with Crippen molar-refractivity contribution in [3.05, 3.63) is 83.8 Å². The minimum absolute atomic E-state index is 0.0731. The minimum Gasteiger partial charge on any atom is -0.474 e. The first kappa shape index (κ1) is 28.6. The number of anilines is 1. The first-order chi connectivity index (χ1) is 19.2. The zero-order valence-corrected chi connectivity index (χ0v) is 24.0. The number of pyridine rings is 2. The maximum absolute atomic E-state index is 13.0. The molecule has 5 rings (SSSR count). The largest absolute Gasteiger partial charge is 0.474 e. The van der Waals surface area contributed by atoms with Gasteiger partial charge in [0, 0.05) is 69.2 Å². The number of halogens is 4. The summed E-state index contributed by atoms with van der Waals surface area (Å²) in [6.07, 6.45) is 2.32. The van der Waals surface area contributed by atoms with Crippen LogP contribution in [0.2, 0.25) is 0 Å². The molecule has 2 unspecified atom stereocenters. The van der Waals surface area contributed by atoms with E-state index in [1.165, 1.54) is 17.7 Å². The highest BCUT2D eigenvalue weighted by Crippen LogP contribution is 2.31. The number of piperidine rings is 2. The minimum atomic E-state index is -4.34. The molecule has 40 heavy (non-hydrogen) atoms. The summed E-state index contributed by atoms with van der Waals surface area (Å²) in [7, 11) is 0. The maximum atomic E-state index is 13.0. The molecule has 2 aromatic heterocycles. The second kappa shape index (κ2) is 12.7. The molecule has 2 aliphatic heterocycles. The van der Waals surface area contributed by atoms with E-state index in [9.17, 15) is 18.0 Å². The molecule has 1 aromatic carbocycles. The standard InChI is InChI=1S/C29H31F3IN5O2/c30-29(31,32)21-4-6-23(7-5-21)37-16-11-24(12-17-37)40-27-3-1-2-25(36-27)28(39)35-22-10-15-38(26(33)18-22)19-20-8-13-34-14-9-20/h1-9,13-14,22,24,26H,10-12,15-19H2,(H,35,39). The van der Waals surface area contributed by atoms with E-state index in [1.807, 2.05) is 24.5 Å². The van der Waals surface area contributed by atoms with Gasteiger partial charge in [-0.3, -0.25) is 14.7 Å². The van der Waals surface area contributed by atoms with E-state index in [1.54, 1.807) is 18.2 Å². The molecule has 2 saturated heterocycles. The van der Waals surface area contributed by atoms with Crippen LogP contribution < -0.4 is 15.0 Å². The Bertz CT molecular complexity index is 1270. The van der Waals surface area contributed by atoms with Crippen LogP contribution in [0.15, 0.2) is 67.0 Å². The lowest BCUT2D eigenvalue weighted by molar-refractivity contribution is -0.137. The number of hydrogen-bond donors (Lipinski definition) is 1. The van der Waals surface area contributed by atoms with Gasteiger partial charge in [0.05, 0.1) is 9.61 Å². The number of alkyl halides is 4. The second-order valence-corrected chi connectivity index (χ2v) is 11.6. The lowest BCUT2D eigenvalue weighted by atomic mass is 10.0. The fourth-order valence-corrected chi connectivity index (χ4v) is 6.21. The summed E-state index contributed by atoms with van der Waals surface area (Å²) in [5.41, 5.74) is 1.67. The first-order valence-corrected chi connectivity index (χ1v) is 14.6. The Hall–Kier alpha value is -2.93. The van der Waals surface area contributed by atoms with Crippen molar-refractivity contribution in [3.8, 4) is 5.88 Å². The summed E-state index contributed by atoms with van der Waals surface area (Å²) in [4.78, 5) is 26.0. The molecule has 212 valence electrons. The fourth-order valence-electron chi connectivity index (χ4n) is 5.13. The van der Waals surface area contributed by atoms with Gasteiger partial charge in [-0.05, 0) is 60.9 Å². The highest BCUT2D eigenvalue weighted by Gasteiger charge is 2.31. The predicted molar refractivity (Wildman–Crippen MR) is 154 cm³/mol. The summed E-state index contributed by atoms with van der Waals surface area (Å²) in [5, 5.41) is 3.14. The van der Waals surface area contributed by atoms with E-state index < -0.39 is 11.7 Å². The molecule has 0 saturated carbocycles. The van der Waals surface area contributed by atoms with Crippen LogP contribution in [0.4, 0.5) is 18.9 Å². The predicted octanol–water partition coefficient (Wildman–Crippen LogP) is 5.70. The van der Waals surface area contributed by atoms with Crippen molar-refractivity contribution in [1.82, 2.24) is 20.2 Å². The van der Waals surface area contributed by atoms with Gasteiger partial charge < -0.3 is 15.0 Å². The highest BCUT2D eigenvalue weighted by molar-refractivity contribution is 14.1. The van der Waals surface area contributed by atoms with Crippen LogP contribution >= 0.6 is 22.6 Å². The number of ether oxygens (including phenoxy) is 1. The van der Waals surface area contributed by atoms with Gasteiger partial charge in [0.15, 0.2) is 0 Å². The lowest BCUT2D eigenvalue weighted by Gasteiger charge is -2.36. The number of carbonyl (C=O) groups is 1. The summed E-state index contributed by atoms with van der Waals surface area (Å²) in [6.45, 7) is 3.07. The molecule has 11 heteroatoms. The first-order valence-electron chi connectivity index (χ1n) is 13.4. The molecule has 2 atom stereocenters. The van der Waals surface area contributed by atoms with Gasteiger partial charge in [0.25, 0.3) is 5.91 Å². The molecule has 0 bridgehead atoms. The highest BCUT2D eigenvalue weighted by atomic mass is 127. The second-order valence-electron chi connectivity index (χ2n) is 10.2. The van der Waals surface area contributed by atoms with E-state index in [0.29, 0.717) is 41.6 Å². The summed E-state index contributed by atoms with van der Waals surface area (Å²) in [6, 6.07) is 14.6. The Morgan fingerprint density at radius 3 is 2.40 bits per heavy atom. The molecule has 2 aliphatic rings. The molecule has 0 aliphatic carbocycles. The monoisotopic (exact) mass is 665 g/mol. The normalized spacial score (nSPS) is 20.8. The van der Waals surface area contributed by atoms with Gasteiger partial charge in [-0.1, -0.05) is 28.7 Å². The number of rotatable bonds is 7. The van der Waals surface area contributed by atoms with E-state index >= 15 is 0 Å². The van der Waals surface area contributed by atoms with Gasteiger partial charge >= 0.3 is 6.18 Å². The van der Waals surface area contributed by atoms with Crippen molar-refractivity contribution >= 4 is 34.2 Å². The zero-order chi connectivity index (χ0) is 28.1. The van der Waals surface area contributed by atoms with Crippen LogP contribution in [0.1, 0.15) is 47.3 Å². The Morgan fingerprint density at radius 1 is 1.00 bits per heavy atom. The molecule has 7 nitrogen and oxygen atoms in total.